The van der Waals surface area contributed by atoms with Gasteiger partial charge in [0.1, 0.15) is 0 Å². The van der Waals surface area contributed by atoms with Crippen molar-refractivity contribution in [3.63, 3.8) is 0 Å². The number of nitrogens with zero attached hydrogens (tertiary/aromatic N) is 2. The van der Waals surface area contributed by atoms with Crippen LogP contribution < -0.4 is 15.6 Å². The second-order valence-corrected chi connectivity index (χ2v) is 10.5. The molecule has 0 saturated heterocycles. The van der Waals surface area contributed by atoms with Gasteiger partial charge in [-0.1, -0.05) is 36.7 Å². The fourth-order valence-electron chi connectivity index (χ4n) is 4.14. The molecular weight excluding hydrogens is 581 g/mol. The molecule has 3 N–H and O–H groups in total. The number of carbonyl (C=O) groups excluding carboxylic acids is 2. The number of anilines is 2. The normalized spacial score (nSPS) is 13.8. The van der Waals surface area contributed by atoms with Gasteiger partial charge in [0.05, 0.1) is 27.5 Å². The van der Waals surface area contributed by atoms with Gasteiger partial charge in [-0.05, 0) is 60.9 Å². The number of rotatable bonds is 9. The summed E-state index contributed by atoms with van der Waals surface area (Å²) in [4.78, 5) is 39.1. The number of hydrazone groups is 1. The average molecular weight is 605 g/mol. The van der Waals surface area contributed by atoms with Gasteiger partial charge in [0.2, 0.25) is 0 Å². The molecule has 0 bridgehead atoms. The lowest BCUT2D eigenvalue weighted by atomic mass is 10.1. The first-order valence-electron chi connectivity index (χ1n) is 12.4. The number of halogens is 4. The minimum atomic E-state index is -4.70. The molecule has 0 atom stereocenters. The van der Waals surface area contributed by atoms with E-state index in [2.05, 4.69) is 15.8 Å². The Labute approximate surface area is 242 Å². The van der Waals surface area contributed by atoms with Gasteiger partial charge in [0, 0.05) is 22.8 Å². The summed E-state index contributed by atoms with van der Waals surface area (Å²) in [5, 5.41) is 14.6. The van der Waals surface area contributed by atoms with Crippen LogP contribution in [0.15, 0.2) is 70.7 Å². The maximum absolute atomic E-state index is 13.1. The van der Waals surface area contributed by atoms with E-state index >= 15 is 0 Å². The largest absolute Gasteiger partial charge is 0.478 e. The maximum Gasteiger partial charge on any atom is 0.417 e. The smallest absolute Gasteiger partial charge is 0.417 e. The summed E-state index contributed by atoms with van der Waals surface area (Å²) >= 11 is 7.37. The van der Waals surface area contributed by atoms with Crippen molar-refractivity contribution in [3.05, 3.63) is 87.9 Å². The lowest BCUT2D eigenvalue weighted by Crippen LogP contribution is -2.33. The van der Waals surface area contributed by atoms with Gasteiger partial charge in [-0.25, -0.2) is 15.0 Å². The van der Waals surface area contributed by atoms with Crippen molar-refractivity contribution in [1.82, 2.24) is 5.43 Å². The SMILES string of the molecule is CCCN1C(=O)C(=NNC(=O)Nc2cccc(C(F)(F)F)c2Cl)c2cc(SCCc3ccc(C(=O)O)cc3)ccc21. The number of alkyl halides is 3. The zero-order valence-electron chi connectivity index (χ0n) is 21.6. The summed E-state index contributed by atoms with van der Waals surface area (Å²) in [7, 11) is 0. The van der Waals surface area contributed by atoms with Crippen molar-refractivity contribution in [2.24, 2.45) is 5.10 Å². The van der Waals surface area contributed by atoms with Crippen LogP contribution in [-0.4, -0.2) is 41.0 Å². The molecule has 0 saturated carbocycles. The predicted octanol–water partition coefficient (Wildman–Crippen LogP) is 6.67. The molecule has 214 valence electrons. The first kappa shape index (κ1) is 29.9. The molecule has 1 heterocycles. The Morgan fingerprint density at radius 1 is 1.10 bits per heavy atom. The molecule has 13 heteroatoms. The predicted molar refractivity (Wildman–Crippen MR) is 152 cm³/mol. The number of thioether (sulfide) groups is 1. The van der Waals surface area contributed by atoms with E-state index in [0.717, 1.165) is 22.6 Å². The monoisotopic (exact) mass is 604 g/mol. The Morgan fingerprint density at radius 2 is 1.83 bits per heavy atom. The zero-order chi connectivity index (χ0) is 29.7. The summed E-state index contributed by atoms with van der Waals surface area (Å²) in [6.45, 7) is 2.34. The number of hydrogen-bond acceptors (Lipinski definition) is 5. The Kier molecular flexibility index (Phi) is 9.24. The van der Waals surface area contributed by atoms with Crippen molar-refractivity contribution in [3.8, 4) is 0 Å². The van der Waals surface area contributed by atoms with Gasteiger partial charge in [0.15, 0.2) is 5.71 Å². The average Bonchev–Trinajstić information content (AvgIpc) is 3.18. The number of aromatic carboxylic acids is 1. The number of benzene rings is 3. The molecular formula is C28H24ClF3N4O4S. The van der Waals surface area contributed by atoms with E-state index in [1.54, 1.807) is 41.3 Å². The highest BCUT2D eigenvalue weighted by Gasteiger charge is 2.35. The minimum Gasteiger partial charge on any atom is -0.478 e. The molecule has 3 amide bonds. The van der Waals surface area contributed by atoms with Gasteiger partial charge < -0.3 is 15.3 Å². The van der Waals surface area contributed by atoms with Crippen LogP contribution in [-0.2, 0) is 17.4 Å². The van der Waals surface area contributed by atoms with E-state index in [1.807, 2.05) is 13.0 Å². The molecule has 3 aromatic carbocycles. The first-order chi connectivity index (χ1) is 19.5. The molecule has 41 heavy (non-hydrogen) atoms. The number of carbonyl (C=O) groups is 3. The van der Waals surface area contributed by atoms with Crippen LogP contribution in [0.4, 0.5) is 29.3 Å². The van der Waals surface area contributed by atoms with Crippen LogP contribution in [0.3, 0.4) is 0 Å². The molecule has 0 fully saturated rings. The summed E-state index contributed by atoms with van der Waals surface area (Å²) in [6.07, 6.45) is -3.34. The van der Waals surface area contributed by atoms with Crippen molar-refractivity contribution < 1.29 is 32.7 Å². The molecule has 0 aromatic heterocycles. The van der Waals surface area contributed by atoms with E-state index in [-0.39, 0.29) is 17.0 Å². The fraction of sp³-hybridized carbons (Fsp3) is 0.214. The first-order valence-corrected chi connectivity index (χ1v) is 13.8. The van der Waals surface area contributed by atoms with Crippen LogP contribution in [0.25, 0.3) is 0 Å². The second-order valence-electron chi connectivity index (χ2n) is 8.93. The highest BCUT2D eigenvalue weighted by molar-refractivity contribution is 7.99. The minimum absolute atomic E-state index is 0.00884. The van der Waals surface area contributed by atoms with Crippen LogP contribution >= 0.6 is 23.4 Å². The van der Waals surface area contributed by atoms with E-state index in [9.17, 15) is 27.6 Å². The number of aryl methyl sites for hydroxylation is 1. The van der Waals surface area contributed by atoms with E-state index < -0.39 is 34.7 Å². The number of nitrogens with one attached hydrogen (secondary N) is 2. The summed E-state index contributed by atoms with van der Waals surface area (Å²) in [5.41, 5.74) is 3.16. The van der Waals surface area contributed by atoms with Gasteiger partial charge in [0.25, 0.3) is 5.91 Å². The Balaban J connectivity index is 1.48. The molecule has 0 radical (unpaired) electrons. The summed E-state index contributed by atoms with van der Waals surface area (Å²) in [6, 6.07) is 14.3. The van der Waals surface area contributed by atoms with Gasteiger partial charge in [-0.2, -0.15) is 18.3 Å². The second kappa shape index (κ2) is 12.6. The van der Waals surface area contributed by atoms with E-state index in [0.29, 0.717) is 36.4 Å². The molecule has 0 unspecified atom stereocenters. The van der Waals surface area contributed by atoms with Crippen molar-refractivity contribution in [1.29, 1.82) is 0 Å². The Morgan fingerprint density at radius 3 is 2.49 bits per heavy atom. The Bertz CT molecular complexity index is 1510. The van der Waals surface area contributed by atoms with E-state index in [4.69, 9.17) is 16.7 Å². The van der Waals surface area contributed by atoms with Crippen molar-refractivity contribution in [2.45, 2.75) is 30.8 Å². The third-order valence-electron chi connectivity index (χ3n) is 6.09. The van der Waals surface area contributed by atoms with Crippen LogP contribution in [0.2, 0.25) is 5.02 Å². The van der Waals surface area contributed by atoms with Crippen molar-refractivity contribution >= 4 is 58.4 Å². The maximum atomic E-state index is 13.1. The number of urea groups is 1. The topological polar surface area (TPSA) is 111 Å². The quantitative estimate of drug-likeness (QED) is 0.186. The number of carboxylic acids is 1. The Hall–Kier alpha value is -4.03. The van der Waals surface area contributed by atoms with Gasteiger partial charge in [-0.3, -0.25) is 4.79 Å². The van der Waals surface area contributed by atoms with Gasteiger partial charge in [-0.15, -0.1) is 11.8 Å². The molecule has 8 nitrogen and oxygen atoms in total. The van der Waals surface area contributed by atoms with Gasteiger partial charge >= 0.3 is 18.2 Å². The zero-order valence-corrected chi connectivity index (χ0v) is 23.2. The van der Waals surface area contributed by atoms with Crippen LogP contribution in [0.5, 0.6) is 0 Å². The molecule has 4 rings (SSSR count). The fourth-order valence-corrected chi connectivity index (χ4v) is 5.36. The highest BCUT2D eigenvalue weighted by atomic mass is 35.5. The van der Waals surface area contributed by atoms with Crippen LogP contribution in [0.1, 0.15) is 40.4 Å². The van der Waals surface area contributed by atoms with E-state index in [1.165, 1.54) is 17.8 Å². The summed E-state index contributed by atoms with van der Waals surface area (Å²) in [5.74, 6) is -0.720. The third kappa shape index (κ3) is 7.01. The molecule has 0 spiro atoms. The number of hydrogen-bond donors (Lipinski definition) is 3. The molecule has 1 aliphatic rings. The standard InChI is InChI=1S/C28H24ClF3N4O4S/c1-2-13-36-22-11-10-18(41-14-12-16-6-8-17(9-7-16)26(38)39)15-19(22)24(25(36)37)34-35-27(40)33-21-5-3-4-20(23(21)29)28(30,31)32/h3-11,15H,2,12-14H2,1H3,(H,38,39)(H2,33,35,40). The highest BCUT2D eigenvalue weighted by Crippen LogP contribution is 2.38. The molecule has 1 aliphatic heterocycles. The number of fused-ring (bicyclic) bond motifs is 1. The number of amides is 3. The van der Waals surface area contributed by atoms with Crippen molar-refractivity contribution in [2.75, 3.05) is 22.5 Å². The summed E-state index contributed by atoms with van der Waals surface area (Å²) < 4.78 is 39.4. The molecule has 0 aliphatic carbocycles. The van der Waals surface area contributed by atoms with Crippen LogP contribution in [0, 0.1) is 0 Å². The molecule has 3 aromatic rings. The lowest BCUT2D eigenvalue weighted by Gasteiger charge is -2.15. The number of carboxylic acid groups (broad SMARTS) is 1. The third-order valence-corrected chi connectivity index (χ3v) is 7.49. The lowest BCUT2D eigenvalue weighted by molar-refractivity contribution is -0.137.